The van der Waals surface area contributed by atoms with Crippen molar-refractivity contribution in [2.24, 2.45) is 0 Å². The first-order valence-electron chi connectivity index (χ1n) is 10.5. The van der Waals surface area contributed by atoms with Crippen LogP contribution < -0.4 is 22.3 Å². The van der Waals surface area contributed by atoms with Crippen molar-refractivity contribution in [3.63, 3.8) is 0 Å². The third-order valence-electron chi connectivity index (χ3n) is 5.22. The molecule has 0 saturated carbocycles. The molecule has 1 unspecified atom stereocenters. The van der Waals surface area contributed by atoms with Gasteiger partial charge in [-0.1, -0.05) is 41.9 Å². The first-order valence-corrected chi connectivity index (χ1v) is 10.8. The Bertz CT molecular complexity index is 1160. The van der Waals surface area contributed by atoms with Crippen molar-refractivity contribution >= 4 is 23.1 Å². The van der Waals surface area contributed by atoms with Gasteiger partial charge in [0.1, 0.15) is 6.10 Å². The quantitative estimate of drug-likeness (QED) is 0.300. The zero-order valence-corrected chi connectivity index (χ0v) is 19.4. The largest absolute Gasteiger partial charge is 1.00 e. The Balaban J connectivity index is 0.00000306. The van der Waals surface area contributed by atoms with E-state index in [-0.39, 0.29) is 18.2 Å². The van der Waals surface area contributed by atoms with E-state index in [0.717, 1.165) is 11.3 Å². The van der Waals surface area contributed by atoms with Crippen LogP contribution in [0.5, 0.6) is 0 Å². The minimum Gasteiger partial charge on any atom is -1.00 e. The van der Waals surface area contributed by atoms with E-state index >= 15 is 0 Å². The fourth-order valence-corrected chi connectivity index (χ4v) is 3.58. The number of carbonyl (C=O) groups is 1. The van der Waals surface area contributed by atoms with Gasteiger partial charge in [0.25, 0.3) is 0 Å². The lowest BCUT2D eigenvalue weighted by Crippen LogP contribution is -3.00. The molecule has 1 heterocycles. The number of anilines is 1. The molecule has 0 saturated heterocycles. The summed E-state index contributed by atoms with van der Waals surface area (Å²) >= 11 is 5.89. The van der Waals surface area contributed by atoms with E-state index in [9.17, 15) is 9.90 Å². The third kappa shape index (κ3) is 6.65. The maximum Gasteiger partial charge on any atom is 0.193 e. The molecule has 4 rings (SSSR count). The summed E-state index contributed by atoms with van der Waals surface area (Å²) in [5.41, 5.74) is 4.36. The normalized spacial score (nSPS) is 11.3. The Labute approximate surface area is 204 Å². The summed E-state index contributed by atoms with van der Waals surface area (Å²) in [5.74, 6) is -0.0522. The van der Waals surface area contributed by atoms with Crippen LogP contribution in [-0.2, 0) is 6.54 Å². The Morgan fingerprint density at radius 3 is 1.97 bits per heavy atom. The summed E-state index contributed by atoms with van der Waals surface area (Å²) < 4.78 is 1.96. The molecule has 168 valence electrons. The summed E-state index contributed by atoms with van der Waals surface area (Å²) in [6, 6.07) is 28.4. The van der Waals surface area contributed by atoms with Gasteiger partial charge in [-0.05, 0) is 59.7 Å². The average molecular weight is 479 g/mol. The Kier molecular flexibility index (Phi) is 8.61. The Hall–Kier alpha value is -3.18. The van der Waals surface area contributed by atoms with Gasteiger partial charge in [-0.25, -0.2) is 4.57 Å². The lowest BCUT2D eigenvalue weighted by Gasteiger charge is -2.11. The number of ketones is 1. The molecular weight excluding hydrogens is 455 g/mol. The molecule has 3 aromatic carbocycles. The fourth-order valence-electron chi connectivity index (χ4n) is 3.45. The number of halogens is 2. The van der Waals surface area contributed by atoms with Crippen LogP contribution in [-0.4, -0.2) is 23.5 Å². The minimum absolute atomic E-state index is 0. The zero-order valence-electron chi connectivity index (χ0n) is 17.9. The number of aliphatic hydroxyl groups is 1. The van der Waals surface area contributed by atoms with Crippen LogP contribution in [0.4, 0.5) is 5.69 Å². The average Bonchev–Trinajstić information content (AvgIpc) is 2.84. The van der Waals surface area contributed by atoms with Gasteiger partial charge < -0.3 is 22.8 Å². The molecule has 0 fully saturated rings. The summed E-state index contributed by atoms with van der Waals surface area (Å²) in [7, 11) is 0. The van der Waals surface area contributed by atoms with Gasteiger partial charge in [-0.15, -0.1) is 0 Å². The standard InChI is InChI=1S/C27H23ClN2O2.ClH/c28-24-10-6-22(7-11-24)27(32)23-8-12-25(13-9-23)29-18-26(31)19-30-16-14-21(15-17-30)20-4-2-1-3-5-20;/h1-17,26,31H,18-19H2;1H. The molecule has 0 amide bonds. The number of aliphatic hydroxyl groups excluding tert-OH is 1. The van der Waals surface area contributed by atoms with E-state index in [2.05, 4.69) is 17.4 Å². The van der Waals surface area contributed by atoms with Crippen molar-refractivity contribution in [3.05, 3.63) is 120 Å². The lowest BCUT2D eigenvalue weighted by atomic mass is 10.0. The fraction of sp³-hybridized carbons (Fsp3) is 0.111. The van der Waals surface area contributed by atoms with E-state index in [1.165, 1.54) is 5.56 Å². The Morgan fingerprint density at radius 2 is 1.36 bits per heavy atom. The molecule has 2 N–H and O–H groups in total. The highest BCUT2D eigenvalue weighted by Crippen LogP contribution is 2.17. The SMILES string of the molecule is O=C(c1ccc(Cl)cc1)c1ccc(NCC(O)C[n+]2ccc(-c3ccccc3)cc2)cc1.[Cl-]. The first-order chi connectivity index (χ1) is 15.6. The highest BCUT2D eigenvalue weighted by atomic mass is 35.5. The van der Waals surface area contributed by atoms with Crippen LogP contribution in [0.1, 0.15) is 15.9 Å². The molecule has 0 aliphatic rings. The number of nitrogens with zero attached hydrogens (tertiary/aromatic N) is 1. The summed E-state index contributed by atoms with van der Waals surface area (Å²) in [5, 5.41) is 14.2. The number of nitrogens with one attached hydrogen (secondary N) is 1. The number of aromatic nitrogens is 1. The highest BCUT2D eigenvalue weighted by Gasteiger charge is 2.12. The highest BCUT2D eigenvalue weighted by molar-refractivity contribution is 6.30. The zero-order chi connectivity index (χ0) is 22.3. The van der Waals surface area contributed by atoms with Gasteiger partial charge in [0.15, 0.2) is 24.7 Å². The second kappa shape index (κ2) is 11.6. The molecule has 1 atom stereocenters. The third-order valence-corrected chi connectivity index (χ3v) is 5.47. The van der Waals surface area contributed by atoms with Crippen LogP contribution >= 0.6 is 11.6 Å². The maximum atomic E-state index is 12.5. The number of benzene rings is 3. The molecule has 0 aliphatic heterocycles. The van der Waals surface area contributed by atoms with Gasteiger partial charge in [0, 0.05) is 40.5 Å². The van der Waals surface area contributed by atoms with Crippen LogP contribution in [0.15, 0.2) is 103 Å². The second-order valence-electron chi connectivity index (χ2n) is 7.60. The van der Waals surface area contributed by atoms with Gasteiger partial charge in [0.05, 0.1) is 0 Å². The molecule has 0 bridgehead atoms. The molecule has 0 radical (unpaired) electrons. The molecular formula is C27H24Cl2N2O2. The van der Waals surface area contributed by atoms with Gasteiger partial charge in [-0.2, -0.15) is 0 Å². The topological polar surface area (TPSA) is 53.2 Å². The van der Waals surface area contributed by atoms with Gasteiger partial charge in [0.2, 0.25) is 0 Å². The molecule has 0 spiro atoms. The number of hydrogen-bond acceptors (Lipinski definition) is 3. The van der Waals surface area contributed by atoms with E-state index in [4.69, 9.17) is 11.6 Å². The van der Waals surface area contributed by atoms with Crippen LogP contribution in [0, 0.1) is 0 Å². The predicted octanol–water partition coefficient (Wildman–Crippen LogP) is 2.00. The van der Waals surface area contributed by atoms with E-state index < -0.39 is 6.10 Å². The van der Waals surface area contributed by atoms with E-state index in [1.807, 2.05) is 59.4 Å². The van der Waals surface area contributed by atoms with Crippen LogP contribution in [0.3, 0.4) is 0 Å². The monoisotopic (exact) mass is 478 g/mol. The van der Waals surface area contributed by atoms with Crippen LogP contribution in [0.2, 0.25) is 5.02 Å². The summed E-state index contributed by atoms with van der Waals surface area (Å²) in [6.07, 6.45) is 3.39. The van der Waals surface area contributed by atoms with Crippen molar-refractivity contribution in [1.29, 1.82) is 0 Å². The smallest absolute Gasteiger partial charge is 0.193 e. The second-order valence-corrected chi connectivity index (χ2v) is 8.03. The number of carbonyl (C=O) groups excluding carboxylic acids is 1. The van der Waals surface area contributed by atoms with E-state index in [1.54, 1.807) is 36.4 Å². The van der Waals surface area contributed by atoms with Crippen molar-refractivity contribution in [3.8, 4) is 11.1 Å². The van der Waals surface area contributed by atoms with Gasteiger partial charge in [-0.3, -0.25) is 4.79 Å². The minimum atomic E-state index is -0.557. The molecule has 4 aromatic rings. The maximum absolute atomic E-state index is 12.5. The van der Waals surface area contributed by atoms with Crippen LogP contribution in [0.25, 0.3) is 11.1 Å². The van der Waals surface area contributed by atoms with Crippen molar-refractivity contribution in [2.45, 2.75) is 12.6 Å². The summed E-state index contributed by atoms with van der Waals surface area (Å²) in [4.78, 5) is 12.5. The Morgan fingerprint density at radius 1 is 0.818 bits per heavy atom. The van der Waals surface area contributed by atoms with Crippen molar-refractivity contribution in [2.75, 3.05) is 11.9 Å². The number of hydrogen-bond donors (Lipinski definition) is 2. The molecule has 1 aromatic heterocycles. The molecule has 6 heteroatoms. The lowest BCUT2D eigenvalue weighted by molar-refractivity contribution is -0.703. The van der Waals surface area contributed by atoms with Gasteiger partial charge >= 0.3 is 0 Å². The summed E-state index contributed by atoms with van der Waals surface area (Å²) in [6.45, 7) is 0.882. The molecule has 4 nitrogen and oxygen atoms in total. The van der Waals surface area contributed by atoms with Crippen molar-refractivity contribution in [1.82, 2.24) is 0 Å². The number of pyridine rings is 1. The molecule has 33 heavy (non-hydrogen) atoms. The first kappa shape index (κ1) is 24.5. The number of rotatable bonds is 8. The van der Waals surface area contributed by atoms with Crippen molar-refractivity contribution < 1.29 is 26.9 Å². The predicted molar refractivity (Wildman–Crippen MR) is 128 cm³/mol. The van der Waals surface area contributed by atoms with E-state index in [0.29, 0.717) is 29.2 Å². The molecule has 0 aliphatic carbocycles.